The number of benzene rings is 2. The summed E-state index contributed by atoms with van der Waals surface area (Å²) in [7, 11) is 0. The molecule has 16 nitrogen and oxygen atoms in total. The van der Waals surface area contributed by atoms with Crippen molar-refractivity contribution in [2.45, 2.75) is 44.2 Å². The highest BCUT2D eigenvalue weighted by atomic mass is 32.2. The van der Waals surface area contributed by atoms with E-state index >= 15 is 0 Å². The lowest BCUT2D eigenvalue weighted by Crippen LogP contribution is -2.63. The number of aromatic nitrogens is 2. The molecule has 2 aromatic carbocycles. The number of hydrogen-bond donors (Lipinski definition) is 2. The second-order valence-corrected chi connectivity index (χ2v) is 13.8. The number of fused-ring (bicyclic) bond motifs is 2. The summed E-state index contributed by atoms with van der Waals surface area (Å²) in [5, 5.41) is 35.5. The molecule has 4 heterocycles. The van der Waals surface area contributed by atoms with Gasteiger partial charge in [-0.2, -0.15) is 0 Å². The van der Waals surface area contributed by atoms with Crippen molar-refractivity contribution < 1.29 is 38.8 Å². The van der Waals surface area contributed by atoms with Crippen LogP contribution in [0.5, 0.6) is 0 Å². The van der Waals surface area contributed by atoms with Crippen molar-refractivity contribution in [3.8, 4) is 0 Å². The van der Waals surface area contributed by atoms with E-state index in [-0.39, 0.29) is 48.7 Å². The fourth-order valence-electron chi connectivity index (χ4n) is 6.03. The van der Waals surface area contributed by atoms with Crippen LogP contribution in [0.4, 0.5) is 16.2 Å². The summed E-state index contributed by atoms with van der Waals surface area (Å²) in [6.45, 7) is 3.52. The highest BCUT2D eigenvalue weighted by Crippen LogP contribution is 2.52. The van der Waals surface area contributed by atoms with E-state index in [2.05, 4.69) is 10.3 Å². The summed E-state index contributed by atoms with van der Waals surface area (Å²) in [5.41, 5.74) is 1.72. The van der Waals surface area contributed by atoms with E-state index in [1.54, 1.807) is 13.3 Å². The van der Waals surface area contributed by atoms with Gasteiger partial charge in [0.1, 0.15) is 35.1 Å². The Bertz CT molecular complexity index is 2010. The molecule has 2 aliphatic heterocycles. The van der Waals surface area contributed by atoms with Gasteiger partial charge in [0.2, 0.25) is 5.91 Å². The van der Waals surface area contributed by atoms with Crippen LogP contribution in [0.15, 0.2) is 71.8 Å². The largest absolute Gasteiger partial charge is 0.456 e. The fraction of sp³-hybridized carbons (Fsp3) is 0.312. The number of alkyl carbamates (subject to hydrolysis) is 1. The van der Waals surface area contributed by atoms with E-state index in [0.29, 0.717) is 27.5 Å². The van der Waals surface area contributed by atoms with E-state index < -0.39 is 40.0 Å². The fourth-order valence-corrected chi connectivity index (χ4v) is 8.19. The van der Waals surface area contributed by atoms with Crippen molar-refractivity contribution in [2.24, 2.45) is 11.8 Å². The lowest BCUT2D eigenvalue weighted by molar-refractivity contribution is -0.385. The van der Waals surface area contributed by atoms with Gasteiger partial charge < -0.3 is 24.8 Å². The van der Waals surface area contributed by atoms with Crippen molar-refractivity contribution in [3.05, 3.63) is 103 Å². The van der Waals surface area contributed by atoms with Gasteiger partial charge in [-0.3, -0.25) is 29.4 Å². The smallest absolute Gasteiger partial charge is 0.407 e. The molecule has 0 unspecified atom stereocenters. The van der Waals surface area contributed by atoms with Crippen LogP contribution in [0, 0.1) is 32.1 Å². The van der Waals surface area contributed by atoms with Gasteiger partial charge in [0.05, 0.1) is 32.8 Å². The monoisotopic (exact) mass is 722 g/mol. The Kier molecular flexibility index (Phi) is 9.85. The molecule has 2 aliphatic rings. The molecule has 6 rings (SSSR count). The molecule has 0 bridgehead atoms. The average Bonchev–Trinajstić information content (AvgIpc) is 3.74. The number of amides is 2. The number of aliphatic hydroxyl groups excluding tert-OH is 1. The number of rotatable bonds is 13. The quantitative estimate of drug-likeness (QED) is 0.0487. The maximum Gasteiger partial charge on any atom is 0.407 e. The molecule has 18 heteroatoms. The molecule has 1 saturated heterocycles. The van der Waals surface area contributed by atoms with Crippen molar-refractivity contribution in [1.82, 2.24) is 19.6 Å². The topological polar surface area (TPSA) is 209 Å². The first-order chi connectivity index (χ1) is 23.9. The number of nitrogens with one attached hydrogen (secondary N) is 1. The Morgan fingerprint density at radius 1 is 1.04 bits per heavy atom. The number of nitrogens with zero attached hydrogens (tertiary/aromatic N) is 5. The number of esters is 1. The first kappa shape index (κ1) is 34.5. The molecule has 50 heavy (non-hydrogen) atoms. The van der Waals surface area contributed by atoms with Crippen molar-refractivity contribution in [1.29, 1.82) is 0 Å². The third kappa shape index (κ3) is 6.76. The normalized spacial score (nSPS) is 18.8. The molecule has 2 aromatic heterocycles. The van der Waals surface area contributed by atoms with Gasteiger partial charge in [0.15, 0.2) is 0 Å². The summed E-state index contributed by atoms with van der Waals surface area (Å²) >= 11 is 2.79. The number of hydrogen-bond acceptors (Lipinski definition) is 13. The Morgan fingerprint density at radius 3 is 2.22 bits per heavy atom. The molecule has 0 saturated carbocycles. The van der Waals surface area contributed by atoms with Crippen LogP contribution in [-0.4, -0.2) is 71.7 Å². The maximum atomic E-state index is 13.6. The van der Waals surface area contributed by atoms with Gasteiger partial charge in [-0.05, 0) is 42.3 Å². The van der Waals surface area contributed by atoms with E-state index in [4.69, 9.17) is 9.47 Å². The standard InChI is InChI=1S/C32H30N6O10S2/c1-17-24(27(36-26(17)25(18(2)39)29(36)40)31(41)47-14-19-3-7-21(8-4-19)37(43)44)23-13-35-16-34-28(30(35)50-23)49-12-11-33-32(42)48-15-20-5-9-22(10-6-20)38(45)46/h3-10,13,16-18,25-26,39H,11-12,14-15H2,1-2H3,(H,33,42)/t17-,18+,25+,26+/m0/s1. The third-order valence-corrected chi connectivity index (χ3v) is 10.7. The molecule has 2 amide bonds. The number of non-ortho nitro benzene ring substituents is 2. The van der Waals surface area contributed by atoms with Crippen LogP contribution in [0.1, 0.15) is 29.9 Å². The number of thioether (sulfide) groups is 1. The molecule has 260 valence electrons. The molecule has 1 fully saturated rings. The second kappa shape index (κ2) is 14.3. The van der Waals surface area contributed by atoms with Gasteiger partial charge in [0, 0.05) is 54.3 Å². The minimum atomic E-state index is -0.915. The lowest BCUT2D eigenvalue weighted by Gasteiger charge is -2.46. The van der Waals surface area contributed by atoms with Crippen LogP contribution < -0.4 is 5.32 Å². The summed E-state index contributed by atoms with van der Waals surface area (Å²) < 4.78 is 12.6. The van der Waals surface area contributed by atoms with Gasteiger partial charge in [-0.1, -0.05) is 6.92 Å². The molecule has 2 N–H and O–H groups in total. The summed E-state index contributed by atoms with van der Waals surface area (Å²) in [4.78, 5) is 67.1. The second-order valence-electron chi connectivity index (χ2n) is 11.6. The number of ether oxygens (including phenoxy) is 2. The molecule has 0 radical (unpaired) electrons. The number of aliphatic hydroxyl groups is 1. The zero-order chi connectivity index (χ0) is 35.7. The number of carbonyl (C=O) groups is 3. The third-order valence-electron chi connectivity index (χ3n) is 8.46. The number of nitro benzene ring substituents is 2. The van der Waals surface area contributed by atoms with Gasteiger partial charge >= 0.3 is 12.1 Å². The Balaban J connectivity index is 1.13. The molecule has 0 aliphatic carbocycles. The molecule has 4 aromatic rings. The maximum absolute atomic E-state index is 13.6. The zero-order valence-corrected chi connectivity index (χ0v) is 28.2. The molecular weight excluding hydrogens is 693 g/mol. The Labute approximate surface area is 292 Å². The molecule has 4 atom stereocenters. The highest BCUT2D eigenvalue weighted by molar-refractivity contribution is 7.99. The van der Waals surface area contributed by atoms with Crippen LogP contribution in [0.3, 0.4) is 0 Å². The zero-order valence-electron chi connectivity index (χ0n) is 26.6. The Morgan fingerprint density at radius 2 is 1.64 bits per heavy atom. The van der Waals surface area contributed by atoms with Crippen LogP contribution in [0.25, 0.3) is 10.4 Å². The predicted molar refractivity (Wildman–Crippen MR) is 180 cm³/mol. The van der Waals surface area contributed by atoms with Crippen LogP contribution in [0.2, 0.25) is 0 Å². The number of β-lactam (4-membered cyclic amide) rings is 1. The van der Waals surface area contributed by atoms with E-state index in [0.717, 1.165) is 9.71 Å². The summed E-state index contributed by atoms with van der Waals surface area (Å²) in [6, 6.07) is 10.9. The Hall–Kier alpha value is -5.33. The number of carbonyl (C=O) groups excluding carboxylic acids is 3. The molecular formula is C32H30N6O10S2. The van der Waals surface area contributed by atoms with E-state index in [1.165, 1.54) is 76.5 Å². The van der Waals surface area contributed by atoms with Gasteiger partial charge in [-0.15, -0.1) is 23.1 Å². The number of thiazole rings is 1. The van der Waals surface area contributed by atoms with E-state index in [9.17, 15) is 39.7 Å². The SMILES string of the molecule is C[C@@H](O)[C@H]1C(=O)N2C(C(=O)OCc3ccc([N+](=O)[O-])cc3)=C(c3cn4cnc(SCCNC(=O)OCc5ccc([N+](=O)[O-])cc5)c4s3)[C@H](C)[C@H]12. The van der Waals surface area contributed by atoms with Gasteiger partial charge in [0.25, 0.3) is 11.4 Å². The number of imidazole rings is 1. The summed E-state index contributed by atoms with van der Waals surface area (Å²) in [5.74, 6) is -1.60. The van der Waals surface area contributed by atoms with Crippen LogP contribution >= 0.6 is 23.1 Å². The van der Waals surface area contributed by atoms with Crippen molar-refractivity contribution in [2.75, 3.05) is 12.3 Å². The average molecular weight is 723 g/mol. The van der Waals surface area contributed by atoms with Crippen LogP contribution in [-0.2, 0) is 32.3 Å². The number of nitro groups is 2. The predicted octanol–water partition coefficient (Wildman–Crippen LogP) is 4.54. The first-order valence-electron chi connectivity index (χ1n) is 15.3. The summed E-state index contributed by atoms with van der Waals surface area (Å²) in [6.07, 6.45) is 1.91. The van der Waals surface area contributed by atoms with Crippen molar-refractivity contribution in [3.63, 3.8) is 0 Å². The van der Waals surface area contributed by atoms with Crippen molar-refractivity contribution >= 4 is 62.8 Å². The highest BCUT2D eigenvalue weighted by Gasteiger charge is 2.60. The molecule has 0 spiro atoms. The lowest BCUT2D eigenvalue weighted by atomic mass is 9.77. The minimum absolute atomic E-state index is 0.0424. The van der Waals surface area contributed by atoms with Gasteiger partial charge in [-0.25, -0.2) is 14.6 Å². The van der Waals surface area contributed by atoms with E-state index in [1.807, 2.05) is 17.5 Å². The minimum Gasteiger partial charge on any atom is -0.456 e. The first-order valence-corrected chi connectivity index (χ1v) is 17.1.